The molecule has 0 aromatic carbocycles. The molecule has 2 nitrogen and oxygen atoms in total. The quantitative estimate of drug-likeness (QED) is 0.439. The fraction of sp³-hybridized carbons (Fsp3) is 0.200. The van der Waals surface area contributed by atoms with Gasteiger partial charge in [0, 0.05) is 0 Å². The molecule has 1 amide bonds. The molecule has 0 aliphatic rings. The van der Waals surface area contributed by atoms with E-state index in [1.807, 2.05) is 0 Å². The van der Waals surface area contributed by atoms with Crippen molar-refractivity contribution in [2.75, 3.05) is 0 Å². The molecule has 0 spiro atoms. The van der Waals surface area contributed by atoms with Crippen molar-refractivity contribution < 1.29 is 4.79 Å². The highest BCUT2D eigenvalue weighted by Crippen LogP contribution is 1.94. The zero-order valence-corrected chi connectivity index (χ0v) is 6.18. The molecule has 0 unspecified atom stereocenters. The Morgan fingerprint density at radius 3 is 2.50 bits per heavy atom. The summed E-state index contributed by atoms with van der Waals surface area (Å²) in [7, 11) is 3.31. The van der Waals surface area contributed by atoms with Gasteiger partial charge >= 0.3 is 0 Å². The lowest BCUT2D eigenvalue weighted by molar-refractivity contribution is -0.119. The highest BCUT2D eigenvalue weighted by molar-refractivity contribution is 9.07. The summed E-state index contributed by atoms with van der Waals surface area (Å²) < 4.78 is 1.09. The average molecular weight is 177 g/mol. The van der Waals surface area contributed by atoms with Crippen LogP contribution in [0.1, 0.15) is 6.92 Å². The number of nitrogens with zero attached hydrogens (tertiary/aromatic N) is 1. The van der Waals surface area contributed by atoms with Crippen LogP contribution in [0.25, 0.3) is 0 Å². The number of hydrogen-bond acceptors (Lipinski definition) is 1. The van der Waals surface area contributed by atoms with Gasteiger partial charge in [0.1, 0.15) is 0 Å². The first-order valence-electron chi connectivity index (χ1n) is 2.11. The number of allylic oxidation sites excluding steroid dienone is 1. The fourth-order valence-electron chi connectivity index (χ4n) is 0.223. The van der Waals surface area contributed by atoms with Crippen LogP contribution >= 0.6 is 16.1 Å². The van der Waals surface area contributed by atoms with Crippen LogP contribution in [-0.2, 0) is 4.79 Å². The van der Waals surface area contributed by atoms with Gasteiger partial charge in [0.15, 0.2) is 0 Å². The Morgan fingerprint density at radius 1 is 1.88 bits per heavy atom. The first kappa shape index (κ1) is 7.69. The lowest BCUT2D eigenvalue weighted by atomic mass is 10.5. The van der Waals surface area contributed by atoms with Gasteiger partial charge in [0.05, 0.1) is 23.2 Å². The molecule has 8 heavy (non-hydrogen) atoms. The Balaban J connectivity index is 3.66. The maximum absolute atomic E-state index is 10.5. The lowest BCUT2D eigenvalue weighted by Crippen LogP contribution is -2.08. The van der Waals surface area contributed by atoms with E-state index in [0.717, 1.165) is 3.93 Å². The Kier molecular flexibility index (Phi) is 3.52. The van der Waals surface area contributed by atoms with E-state index in [1.54, 1.807) is 13.0 Å². The summed E-state index contributed by atoms with van der Waals surface area (Å²) in [6, 6.07) is 0. The molecule has 0 bridgehead atoms. The van der Waals surface area contributed by atoms with Gasteiger partial charge < -0.3 is 0 Å². The van der Waals surface area contributed by atoms with Gasteiger partial charge in [-0.2, -0.15) is 0 Å². The van der Waals surface area contributed by atoms with E-state index in [4.69, 9.17) is 0 Å². The molecule has 45 valence electrons. The van der Waals surface area contributed by atoms with Crippen molar-refractivity contribution in [2.45, 2.75) is 6.92 Å². The average Bonchev–Trinajstić information content (AvgIpc) is 1.67. The third kappa shape index (κ3) is 2.80. The number of carbonyl (C=O) groups excluding carboxylic acids is 1. The van der Waals surface area contributed by atoms with Gasteiger partial charge in [-0.15, -0.1) is 0 Å². The summed E-state index contributed by atoms with van der Waals surface area (Å²) in [5.41, 5.74) is 0. The Morgan fingerprint density at radius 2 is 2.38 bits per heavy atom. The van der Waals surface area contributed by atoms with Crippen molar-refractivity contribution >= 4 is 22.1 Å². The van der Waals surface area contributed by atoms with Gasteiger partial charge in [-0.1, -0.05) is 6.08 Å². The molecule has 0 saturated carbocycles. The van der Waals surface area contributed by atoms with E-state index in [9.17, 15) is 4.79 Å². The largest absolute Gasteiger partial charge is 0.274 e. The molecule has 0 aromatic heterocycles. The second-order valence-electron chi connectivity index (χ2n) is 1.20. The number of rotatable bonds is 1. The van der Waals surface area contributed by atoms with Crippen molar-refractivity contribution in [1.29, 1.82) is 0 Å². The van der Waals surface area contributed by atoms with Gasteiger partial charge in [-0.25, -0.2) is 0 Å². The molecular formula is C5H7BrNO. The molecule has 3 heteroatoms. The van der Waals surface area contributed by atoms with Crippen molar-refractivity contribution in [3.8, 4) is 0 Å². The van der Waals surface area contributed by atoms with Crippen molar-refractivity contribution in [3.63, 3.8) is 0 Å². The molecular weight excluding hydrogens is 170 g/mol. The summed E-state index contributed by atoms with van der Waals surface area (Å²) in [6.07, 6.45) is 3.07. The van der Waals surface area contributed by atoms with Gasteiger partial charge in [-0.3, -0.25) is 8.72 Å². The summed E-state index contributed by atoms with van der Waals surface area (Å²) >= 11 is 2.86. The van der Waals surface area contributed by atoms with Crippen LogP contribution in [-0.4, -0.2) is 9.83 Å². The molecule has 0 aliphatic heterocycles. The van der Waals surface area contributed by atoms with E-state index in [-0.39, 0.29) is 5.91 Å². The van der Waals surface area contributed by atoms with Crippen LogP contribution < -0.4 is 0 Å². The Hall–Kier alpha value is -0.310. The number of hydrogen-bond donors (Lipinski definition) is 0. The van der Waals surface area contributed by atoms with E-state index >= 15 is 0 Å². The van der Waals surface area contributed by atoms with Crippen LogP contribution in [0.2, 0.25) is 0 Å². The Labute approximate surface area is 57.5 Å². The summed E-state index contributed by atoms with van der Waals surface area (Å²) in [6.45, 7) is 1.77. The molecule has 0 fully saturated rings. The minimum Gasteiger partial charge on any atom is -0.274 e. The molecule has 0 aromatic rings. The van der Waals surface area contributed by atoms with Crippen molar-refractivity contribution in [2.24, 2.45) is 0 Å². The van der Waals surface area contributed by atoms with E-state index in [1.165, 1.54) is 6.08 Å². The van der Waals surface area contributed by atoms with Crippen LogP contribution in [0.4, 0.5) is 0 Å². The number of halogens is 1. The maximum atomic E-state index is 10.5. The molecule has 0 aliphatic carbocycles. The third-order valence-corrected chi connectivity index (χ3v) is 0.898. The van der Waals surface area contributed by atoms with Crippen molar-refractivity contribution in [1.82, 2.24) is 3.93 Å². The molecule has 1 radical (unpaired) electrons. The maximum Gasteiger partial charge on any atom is 0.256 e. The van der Waals surface area contributed by atoms with Gasteiger partial charge in [0.2, 0.25) is 0 Å². The first-order chi connectivity index (χ1) is 3.68. The smallest absolute Gasteiger partial charge is 0.256 e. The monoisotopic (exact) mass is 176 g/mol. The van der Waals surface area contributed by atoms with Gasteiger partial charge in [-0.05, 0) is 13.0 Å². The molecule has 0 heterocycles. The second kappa shape index (κ2) is 3.66. The van der Waals surface area contributed by atoms with Gasteiger partial charge in [0.25, 0.3) is 5.91 Å². The third-order valence-electron chi connectivity index (χ3n) is 0.548. The second-order valence-corrected chi connectivity index (χ2v) is 2.06. The predicted molar refractivity (Wildman–Crippen MR) is 35.9 cm³/mol. The van der Waals surface area contributed by atoms with Crippen LogP contribution in [0.3, 0.4) is 0 Å². The minimum absolute atomic E-state index is 0.160. The van der Waals surface area contributed by atoms with E-state index in [0.29, 0.717) is 0 Å². The zero-order chi connectivity index (χ0) is 6.57. The Bertz CT molecular complexity index is 109. The van der Waals surface area contributed by atoms with E-state index in [2.05, 4.69) is 23.2 Å². The van der Waals surface area contributed by atoms with Crippen LogP contribution in [0.15, 0.2) is 12.2 Å². The van der Waals surface area contributed by atoms with E-state index < -0.39 is 0 Å². The fourth-order valence-corrected chi connectivity index (χ4v) is 0.342. The van der Waals surface area contributed by atoms with Crippen molar-refractivity contribution in [3.05, 3.63) is 19.2 Å². The number of amides is 1. The minimum atomic E-state index is -0.160. The highest BCUT2D eigenvalue weighted by Gasteiger charge is 1.95. The standard InChI is InChI=1S/C5H7BrNO/c1-3-4-5(8)7(2)6/h3-4H,2H2,1H3/b4-3+. The summed E-state index contributed by atoms with van der Waals surface area (Å²) in [4.78, 5) is 10.5. The number of carbonyl (C=O) groups is 1. The zero-order valence-electron chi connectivity index (χ0n) is 4.60. The predicted octanol–water partition coefficient (Wildman–Crippen LogP) is 1.49. The summed E-state index contributed by atoms with van der Waals surface area (Å²) in [5, 5.41) is 0. The normalized spacial score (nSPS) is 9.88. The summed E-state index contributed by atoms with van der Waals surface area (Å²) in [5.74, 6) is -0.160. The van der Waals surface area contributed by atoms with Crippen LogP contribution in [0.5, 0.6) is 0 Å². The highest BCUT2D eigenvalue weighted by atomic mass is 79.9. The lowest BCUT2D eigenvalue weighted by Gasteiger charge is -1.99. The molecule has 0 rings (SSSR count). The SMILES string of the molecule is [CH2]N(Br)C(=O)/C=C/C. The topological polar surface area (TPSA) is 20.3 Å². The molecule has 0 atom stereocenters. The molecule has 0 saturated heterocycles. The first-order valence-corrected chi connectivity index (χ1v) is 2.82. The molecule has 0 N–H and O–H groups in total. The van der Waals surface area contributed by atoms with Crippen LogP contribution in [0, 0.1) is 7.05 Å².